The lowest BCUT2D eigenvalue weighted by atomic mass is 10.1. The molecule has 0 atom stereocenters. The summed E-state index contributed by atoms with van der Waals surface area (Å²) < 4.78 is 18.1. The van der Waals surface area contributed by atoms with Crippen molar-refractivity contribution >= 4 is 11.0 Å². The van der Waals surface area contributed by atoms with E-state index in [1.165, 1.54) is 11.7 Å². The van der Waals surface area contributed by atoms with Gasteiger partial charge < -0.3 is 18.8 Å². The van der Waals surface area contributed by atoms with Gasteiger partial charge in [0.15, 0.2) is 11.1 Å². The molecule has 3 aromatic heterocycles. The SMILES string of the molecule is C=CCCc1nc(O)c(-c2nnc(Cc3noc4ccccc34)o2)c(=O)n1-c1c(C)cccc1OC. The van der Waals surface area contributed by atoms with Crippen LogP contribution < -0.4 is 10.3 Å². The van der Waals surface area contributed by atoms with Crippen LogP contribution in [0.3, 0.4) is 0 Å². The van der Waals surface area contributed by atoms with E-state index in [1.54, 1.807) is 12.1 Å². The zero-order valence-electron chi connectivity index (χ0n) is 19.8. The van der Waals surface area contributed by atoms with Gasteiger partial charge in [0.25, 0.3) is 11.4 Å². The molecule has 10 nitrogen and oxygen atoms in total. The van der Waals surface area contributed by atoms with Gasteiger partial charge in [0.2, 0.25) is 11.8 Å². The first-order valence-corrected chi connectivity index (χ1v) is 11.3. The molecule has 2 aromatic carbocycles. The average Bonchev–Trinajstić information content (AvgIpc) is 3.50. The Morgan fingerprint density at radius 1 is 1.17 bits per heavy atom. The molecule has 5 aromatic rings. The summed E-state index contributed by atoms with van der Waals surface area (Å²) in [6.45, 7) is 5.61. The Morgan fingerprint density at radius 3 is 2.81 bits per heavy atom. The lowest BCUT2D eigenvalue weighted by Gasteiger charge is -2.18. The van der Waals surface area contributed by atoms with Gasteiger partial charge in [0.1, 0.15) is 17.3 Å². The fourth-order valence-electron chi connectivity index (χ4n) is 4.09. The number of rotatable bonds is 8. The number of fused-ring (bicyclic) bond motifs is 1. The molecule has 0 bridgehead atoms. The van der Waals surface area contributed by atoms with Crippen molar-refractivity contribution in [3.63, 3.8) is 0 Å². The number of aromatic hydroxyl groups is 1. The molecular weight excluding hydrogens is 462 g/mol. The minimum Gasteiger partial charge on any atom is -0.495 e. The molecule has 0 saturated carbocycles. The summed E-state index contributed by atoms with van der Waals surface area (Å²) in [6.07, 6.45) is 2.83. The number of aryl methyl sites for hydroxylation is 2. The standard InChI is InChI=1S/C26H23N5O5/c1-4-5-13-20-27-24(32)22(26(33)31(20)23-15(2)9-8-12-19(23)34-3)25-29-28-21(35-25)14-17-16-10-6-7-11-18(16)36-30-17/h4,6-12,32H,1,5,13-14H2,2-3H3. The molecule has 36 heavy (non-hydrogen) atoms. The molecule has 0 radical (unpaired) electrons. The lowest BCUT2D eigenvalue weighted by Crippen LogP contribution is -2.26. The predicted octanol–water partition coefficient (Wildman–Crippen LogP) is 4.16. The lowest BCUT2D eigenvalue weighted by molar-refractivity contribution is 0.410. The Morgan fingerprint density at radius 2 is 2.00 bits per heavy atom. The van der Waals surface area contributed by atoms with Gasteiger partial charge in [0.05, 0.1) is 19.2 Å². The van der Waals surface area contributed by atoms with E-state index in [-0.39, 0.29) is 23.8 Å². The Hall–Kier alpha value is -4.73. The van der Waals surface area contributed by atoms with Gasteiger partial charge in [-0.1, -0.05) is 35.5 Å². The molecule has 0 saturated heterocycles. The molecule has 0 unspecified atom stereocenters. The first-order chi connectivity index (χ1) is 17.5. The molecular formula is C26H23N5O5. The first kappa shape index (κ1) is 23.0. The Labute approximate surface area is 205 Å². The zero-order chi connectivity index (χ0) is 25.2. The summed E-state index contributed by atoms with van der Waals surface area (Å²) in [7, 11) is 1.53. The van der Waals surface area contributed by atoms with E-state index in [4.69, 9.17) is 13.7 Å². The van der Waals surface area contributed by atoms with Crippen molar-refractivity contribution in [1.82, 2.24) is 24.9 Å². The minimum absolute atomic E-state index is 0.149. The molecule has 10 heteroatoms. The highest BCUT2D eigenvalue weighted by molar-refractivity contribution is 5.79. The molecule has 0 amide bonds. The number of aromatic nitrogens is 5. The van der Waals surface area contributed by atoms with E-state index in [1.807, 2.05) is 43.3 Å². The van der Waals surface area contributed by atoms with E-state index in [9.17, 15) is 9.90 Å². The number of hydrogen-bond acceptors (Lipinski definition) is 9. The van der Waals surface area contributed by atoms with Crippen LogP contribution in [0.1, 0.15) is 29.4 Å². The Bertz CT molecular complexity index is 1630. The average molecular weight is 486 g/mol. The third-order valence-electron chi connectivity index (χ3n) is 5.80. The van der Waals surface area contributed by atoms with E-state index >= 15 is 0 Å². The topological polar surface area (TPSA) is 129 Å². The summed E-state index contributed by atoms with van der Waals surface area (Å²) >= 11 is 0. The van der Waals surface area contributed by atoms with Crippen LogP contribution in [0, 0.1) is 6.92 Å². The third kappa shape index (κ3) is 4.02. The van der Waals surface area contributed by atoms with Crippen molar-refractivity contribution in [2.24, 2.45) is 0 Å². The Kier molecular flexibility index (Phi) is 6.07. The minimum atomic E-state index is -0.559. The van der Waals surface area contributed by atoms with Gasteiger partial charge in [-0.2, -0.15) is 4.98 Å². The largest absolute Gasteiger partial charge is 0.495 e. The van der Waals surface area contributed by atoms with E-state index in [0.29, 0.717) is 41.4 Å². The smallest absolute Gasteiger partial charge is 0.275 e. The molecule has 1 N–H and O–H groups in total. The number of methoxy groups -OCH3 is 1. The maximum Gasteiger partial charge on any atom is 0.275 e. The molecule has 3 heterocycles. The van der Waals surface area contributed by atoms with Crippen LogP contribution in [0.15, 0.2) is 68.9 Å². The quantitative estimate of drug-likeness (QED) is 0.322. The number of ether oxygens (including phenoxy) is 1. The van der Waals surface area contributed by atoms with Crippen LogP contribution in [0.2, 0.25) is 0 Å². The number of nitrogens with zero attached hydrogens (tertiary/aromatic N) is 5. The van der Waals surface area contributed by atoms with Gasteiger partial charge in [-0.3, -0.25) is 9.36 Å². The fraction of sp³-hybridized carbons (Fsp3) is 0.192. The number of allylic oxidation sites excluding steroid dienone is 1. The van der Waals surface area contributed by atoms with Gasteiger partial charge >= 0.3 is 0 Å². The molecule has 182 valence electrons. The highest BCUT2D eigenvalue weighted by atomic mass is 16.5. The molecule has 0 spiro atoms. The molecule has 0 fully saturated rings. The highest BCUT2D eigenvalue weighted by Gasteiger charge is 2.25. The normalized spacial score (nSPS) is 11.2. The van der Waals surface area contributed by atoms with Gasteiger partial charge in [-0.15, -0.1) is 16.8 Å². The number of hydrogen-bond donors (Lipinski definition) is 1. The second-order valence-electron chi connectivity index (χ2n) is 8.12. The number of para-hydroxylation sites is 2. The highest BCUT2D eigenvalue weighted by Crippen LogP contribution is 2.30. The third-order valence-corrected chi connectivity index (χ3v) is 5.80. The summed E-state index contributed by atoms with van der Waals surface area (Å²) in [4.78, 5) is 18.1. The fourth-order valence-corrected chi connectivity index (χ4v) is 4.09. The predicted molar refractivity (Wildman–Crippen MR) is 131 cm³/mol. The van der Waals surface area contributed by atoms with E-state index < -0.39 is 11.4 Å². The molecule has 0 aliphatic rings. The van der Waals surface area contributed by atoms with Gasteiger partial charge in [-0.25, -0.2) is 0 Å². The van der Waals surface area contributed by atoms with Crippen molar-refractivity contribution in [3.05, 3.63) is 88.4 Å². The maximum absolute atomic E-state index is 13.8. The van der Waals surface area contributed by atoms with Crippen molar-refractivity contribution in [3.8, 4) is 28.8 Å². The van der Waals surface area contributed by atoms with Crippen molar-refractivity contribution in [2.75, 3.05) is 7.11 Å². The first-order valence-electron chi connectivity index (χ1n) is 11.3. The van der Waals surface area contributed by atoms with Crippen LogP contribution in [0.5, 0.6) is 11.6 Å². The summed E-state index contributed by atoms with van der Waals surface area (Å²) in [6, 6.07) is 12.9. The second kappa shape index (κ2) is 9.49. The monoisotopic (exact) mass is 485 g/mol. The second-order valence-corrected chi connectivity index (χ2v) is 8.12. The maximum atomic E-state index is 13.8. The van der Waals surface area contributed by atoms with Gasteiger partial charge in [0, 0.05) is 11.8 Å². The van der Waals surface area contributed by atoms with Crippen LogP contribution >= 0.6 is 0 Å². The van der Waals surface area contributed by atoms with Crippen molar-refractivity contribution in [1.29, 1.82) is 0 Å². The van der Waals surface area contributed by atoms with Gasteiger partial charge in [-0.05, 0) is 37.1 Å². The zero-order valence-corrected chi connectivity index (χ0v) is 19.8. The number of benzene rings is 2. The summed E-state index contributed by atoms with van der Waals surface area (Å²) in [5.74, 6) is 0.398. The van der Waals surface area contributed by atoms with Crippen LogP contribution in [-0.2, 0) is 12.8 Å². The van der Waals surface area contributed by atoms with Crippen LogP contribution in [-0.4, -0.2) is 37.1 Å². The van der Waals surface area contributed by atoms with Crippen LogP contribution in [0.4, 0.5) is 0 Å². The van der Waals surface area contributed by atoms with Crippen molar-refractivity contribution < 1.29 is 18.8 Å². The van der Waals surface area contributed by atoms with E-state index in [2.05, 4.69) is 26.9 Å². The molecule has 5 rings (SSSR count). The summed E-state index contributed by atoms with van der Waals surface area (Å²) in [5, 5.41) is 23.7. The molecule has 0 aliphatic carbocycles. The van der Waals surface area contributed by atoms with E-state index in [0.717, 1.165) is 10.9 Å². The molecule has 0 aliphatic heterocycles. The van der Waals surface area contributed by atoms with Crippen LogP contribution in [0.25, 0.3) is 28.1 Å². The summed E-state index contributed by atoms with van der Waals surface area (Å²) in [5.41, 5.74) is 1.80. The van der Waals surface area contributed by atoms with Crippen molar-refractivity contribution in [2.45, 2.75) is 26.2 Å². The Balaban J connectivity index is 1.62.